The summed E-state index contributed by atoms with van der Waals surface area (Å²) in [7, 11) is 0. The van der Waals surface area contributed by atoms with Crippen LogP contribution in [-0.4, -0.2) is 45.9 Å². The second-order valence-electron chi connectivity index (χ2n) is 11.0. The molecule has 0 saturated carbocycles. The van der Waals surface area contributed by atoms with Crippen molar-refractivity contribution < 1.29 is 19.4 Å². The van der Waals surface area contributed by atoms with Gasteiger partial charge in [-0.2, -0.15) is 11.8 Å². The van der Waals surface area contributed by atoms with Crippen LogP contribution in [-0.2, 0) is 16.0 Å². The minimum Gasteiger partial charge on any atom is -0.480 e. The third kappa shape index (κ3) is 9.43. The second-order valence-corrected chi connectivity index (χ2v) is 13.8. The normalized spacial score (nSPS) is 13.8. The fourth-order valence-corrected chi connectivity index (χ4v) is 6.08. The number of aryl methyl sites for hydroxylation is 1. The van der Waals surface area contributed by atoms with E-state index in [2.05, 4.69) is 45.1 Å². The van der Waals surface area contributed by atoms with E-state index in [9.17, 15) is 14.7 Å². The predicted octanol–water partition coefficient (Wildman–Crippen LogP) is 7.78. The van der Waals surface area contributed by atoms with Crippen molar-refractivity contribution in [3.8, 4) is 11.1 Å². The fourth-order valence-electron chi connectivity index (χ4n) is 4.43. The second kappa shape index (κ2) is 14.8. The van der Waals surface area contributed by atoms with Gasteiger partial charge < -0.3 is 15.2 Å². The van der Waals surface area contributed by atoms with Crippen LogP contribution in [0.5, 0.6) is 0 Å². The third-order valence-corrected chi connectivity index (χ3v) is 8.34. The van der Waals surface area contributed by atoms with Crippen LogP contribution >= 0.6 is 23.5 Å². The molecule has 7 heteroatoms. The SMILES string of the molecule is CSCC[C@H](NC(=O)c1ccc(C(OC(C)Cc2ccccc2)SC(C)(C)C)cc1-c1ccccc1C)C(=O)O. The van der Waals surface area contributed by atoms with Gasteiger partial charge in [-0.3, -0.25) is 4.79 Å². The maximum Gasteiger partial charge on any atom is 0.326 e. The molecule has 1 amide bonds. The van der Waals surface area contributed by atoms with Crippen molar-refractivity contribution >= 4 is 35.4 Å². The van der Waals surface area contributed by atoms with Gasteiger partial charge in [0.25, 0.3) is 5.91 Å². The number of carbonyl (C=O) groups excluding carboxylic acids is 1. The van der Waals surface area contributed by atoms with Crippen molar-refractivity contribution in [1.29, 1.82) is 0 Å². The first-order valence-corrected chi connectivity index (χ1v) is 15.9. The van der Waals surface area contributed by atoms with Gasteiger partial charge in [0.2, 0.25) is 0 Å². The Morgan fingerprint density at radius 1 is 0.975 bits per heavy atom. The number of carboxylic acid groups (broad SMARTS) is 1. The smallest absolute Gasteiger partial charge is 0.326 e. The number of rotatable bonds is 13. The maximum atomic E-state index is 13.5. The Balaban J connectivity index is 2.01. The number of carboxylic acids is 1. The predicted molar refractivity (Wildman–Crippen MR) is 169 cm³/mol. The highest BCUT2D eigenvalue weighted by Gasteiger charge is 2.27. The van der Waals surface area contributed by atoms with Gasteiger partial charge in [-0.1, -0.05) is 81.4 Å². The van der Waals surface area contributed by atoms with E-state index in [4.69, 9.17) is 4.74 Å². The molecular formula is C33H41NO4S2. The van der Waals surface area contributed by atoms with Crippen LogP contribution in [0, 0.1) is 6.92 Å². The molecule has 0 bridgehead atoms. The van der Waals surface area contributed by atoms with E-state index in [0.717, 1.165) is 28.7 Å². The van der Waals surface area contributed by atoms with Crippen molar-refractivity contribution in [2.45, 2.75) is 69.8 Å². The number of ether oxygens (including phenoxy) is 1. The van der Waals surface area contributed by atoms with E-state index in [1.807, 2.05) is 67.8 Å². The van der Waals surface area contributed by atoms with Gasteiger partial charge in [-0.25, -0.2) is 4.79 Å². The zero-order valence-electron chi connectivity index (χ0n) is 24.3. The molecule has 2 N–H and O–H groups in total. The Labute approximate surface area is 247 Å². The highest BCUT2D eigenvalue weighted by molar-refractivity contribution is 8.00. The van der Waals surface area contributed by atoms with Crippen molar-refractivity contribution in [1.82, 2.24) is 5.32 Å². The summed E-state index contributed by atoms with van der Waals surface area (Å²) in [6, 6.07) is 23.1. The number of amides is 1. The van der Waals surface area contributed by atoms with Crippen molar-refractivity contribution in [2.75, 3.05) is 12.0 Å². The van der Waals surface area contributed by atoms with Crippen LogP contribution in [0.4, 0.5) is 0 Å². The quantitative estimate of drug-likeness (QED) is 0.202. The molecule has 40 heavy (non-hydrogen) atoms. The molecule has 2 unspecified atom stereocenters. The van der Waals surface area contributed by atoms with Gasteiger partial charge in [-0.15, -0.1) is 11.8 Å². The minimum atomic E-state index is -1.03. The summed E-state index contributed by atoms with van der Waals surface area (Å²) in [5.41, 5.74) is 5.10. The number of thioether (sulfide) groups is 2. The van der Waals surface area contributed by atoms with Crippen LogP contribution < -0.4 is 5.32 Å². The number of benzene rings is 3. The van der Waals surface area contributed by atoms with Gasteiger partial charge in [0, 0.05) is 10.3 Å². The van der Waals surface area contributed by atoms with Gasteiger partial charge in [0.1, 0.15) is 11.5 Å². The number of aliphatic carboxylic acids is 1. The average molecular weight is 580 g/mol. The van der Waals surface area contributed by atoms with Crippen LogP contribution in [0.3, 0.4) is 0 Å². The van der Waals surface area contributed by atoms with Gasteiger partial charge in [0.05, 0.1) is 6.10 Å². The lowest BCUT2D eigenvalue weighted by molar-refractivity contribution is -0.139. The van der Waals surface area contributed by atoms with E-state index < -0.39 is 17.9 Å². The molecule has 0 spiro atoms. The van der Waals surface area contributed by atoms with Crippen LogP contribution in [0.15, 0.2) is 72.8 Å². The number of nitrogens with one attached hydrogen (secondary N) is 1. The molecule has 0 saturated heterocycles. The van der Waals surface area contributed by atoms with Gasteiger partial charge in [0.15, 0.2) is 0 Å². The first-order valence-electron chi connectivity index (χ1n) is 13.6. The van der Waals surface area contributed by atoms with Gasteiger partial charge >= 0.3 is 5.97 Å². The van der Waals surface area contributed by atoms with Crippen molar-refractivity contribution in [3.05, 3.63) is 95.1 Å². The van der Waals surface area contributed by atoms with E-state index in [0.29, 0.717) is 17.7 Å². The number of hydrogen-bond acceptors (Lipinski definition) is 5. The largest absolute Gasteiger partial charge is 0.480 e. The first-order chi connectivity index (χ1) is 19.0. The summed E-state index contributed by atoms with van der Waals surface area (Å²) in [4.78, 5) is 25.3. The molecule has 0 aliphatic carbocycles. The first kappa shape index (κ1) is 31.8. The summed E-state index contributed by atoms with van der Waals surface area (Å²) < 4.78 is 6.59. The van der Waals surface area contributed by atoms with E-state index >= 15 is 0 Å². The lowest BCUT2D eigenvalue weighted by Crippen LogP contribution is -2.41. The maximum absolute atomic E-state index is 13.5. The van der Waals surface area contributed by atoms with Crippen LogP contribution in [0.25, 0.3) is 11.1 Å². The average Bonchev–Trinajstić information content (AvgIpc) is 2.90. The highest BCUT2D eigenvalue weighted by atomic mass is 32.2. The van der Waals surface area contributed by atoms with E-state index in [-0.39, 0.29) is 16.3 Å². The molecule has 0 aliphatic heterocycles. The number of hydrogen-bond donors (Lipinski definition) is 2. The molecule has 5 nitrogen and oxygen atoms in total. The fraction of sp³-hybridized carbons (Fsp3) is 0.394. The summed E-state index contributed by atoms with van der Waals surface area (Å²) in [6.07, 6.45) is 3.04. The Bertz CT molecular complexity index is 1270. The lowest BCUT2D eigenvalue weighted by atomic mass is 9.93. The molecule has 0 aliphatic rings. The van der Waals surface area contributed by atoms with Gasteiger partial charge in [-0.05, 0) is 78.6 Å². The van der Waals surface area contributed by atoms with Crippen molar-refractivity contribution in [3.63, 3.8) is 0 Å². The Morgan fingerprint density at radius 2 is 1.65 bits per heavy atom. The molecule has 0 aromatic heterocycles. The molecule has 3 aromatic rings. The van der Waals surface area contributed by atoms with E-state index in [1.54, 1.807) is 29.6 Å². The molecule has 3 aromatic carbocycles. The summed E-state index contributed by atoms with van der Waals surface area (Å²) in [6.45, 7) is 10.6. The molecule has 0 fully saturated rings. The Hall–Kier alpha value is -2.74. The molecular weight excluding hydrogens is 539 g/mol. The lowest BCUT2D eigenvalue weighted by Gasteiger charge is -2.29. The van der Waals surface area contributed by atoms with Crippen LogP contribution in [0.2, 0.25) is 0 Å². The summed E-state index contributed by atoms with van der Waals surface area (Å²) >= 11 is 3.29. The van der Waals surface area contributed by atoms with Crippen molar-refractivity contribution in [2.24, 2.45) is 0 Å². The Morgan fingerprint density at radius 3 is 2.27 bits per heavy atom. The third-order valence-electron chi connectivity index (χ3n) is 6.39. The Kier molecular flexibility index (Phi) is 11.7. The molecule has 0 heterocycles. The molecule has 0 radical (unpaired) electrons. The summed E-state index contributed by atoms with van der Waals surface area (Å²) in [5, 5.41) is 12.5. The zero-order chi connectivity index (χ0) is 29.3. The van der Waals surface area contributed by atoms with Crippen LogP contribution in [0.1, 0.15) is 66.6 Å². The highest BCUT2D eigenvalue weighted by Crippen LogP contribution is 2.42. The summed E-state index contributed by atoms with van der Waals surface area (Å²) in [5.74, 6) is -0.777. The minimum absolute atomic E-state index is 0.0279. The number of carbonyl (C=O) groups is 2. The monoisotopic (exact) mass is 579 g/mol. The molecule has 214 valence electrons. The molecule has 3 rings (SSSR count). The molecule has 3 atom stereocenters. The van der Waals surface area contributed by atoms with E-state index in [1.165, 1.54) is 5.56 Å². The zero-order valence-corrected chi connectivity index (χ0v) is 25.9. The topological polar surface area (TPSA) is 75.6 Å². The standard InChI is InChI=1S/C33H41NO4S2/c1-22-12-10-11-15-26(22)28-21-25(16-17-27(28)30(35)34-29(31(36)37)18-19-39-6)32(40-33(3,4)5)38-23(2)20-24-13-8-7-9-14-24/h7-17,21,23,29,32H,18-20H2,1-6H3,(H,34,35)(H,36,37)/t23?,29-,32?/m0/s1.